The predicted molar refractivity (Wildman–Crippen MR) is 131 cm³/mol. The van der Waals surface area contributed by atoms with Crippen molar-refractivity contribution in [3.05, 3.63) is 81.0 Å². The third-order valence-electron chi connectivity index (χ3n) is 6.17. The van der Waals surface area contributed by atoms with E-state index in [1.807, 2.05) is 37.3 Å². The minimum Gasteiger partial charge on any atom is -0.341 e. The molecule has 2 heterocycles. The molecule has 0 spiro atoms. The number of rotatable bonds is 7. The molecular formula is C25H26Cl2N4O3. The van der Waals surface area contributed by atoms with Gasteiger partial charge in [-0.3, -0.25) is 14.5 Å². The van der Waals surface area contributed by atoms with Crippen molar-refractivity contribution in [1.29, 1.82) is 0 Å². The van der Waals surface area contributed by atoms with Gasteiger partial charge in [-0.05, 0) is 30.2 Å². The molecule has 1 N–H and O–H groups in total. The lowest BCUT2D eigenvalue weighted by Gasteiger charge is -2.33. The molecular weight excluding hydrogens is 475 g/mol. The first-order chi connectivity index (χ1) is 16.3. The average Bonchev–Trinajstić information content (AvgIpc) is 3.13. The van der Waals surface area contributed by atoms with Crippen molar-refractivity contribution in [2.45, 2.75) is 25.9 Å². The van der Waals surface area contributed by atoms with Crippen LogP contribution in [0.4, 0.5) is 4.79 Å². The van der Waals surface area contributed by atoms with E-state index in [9.17, 15) is 14.4 Å². The number of likely N-dealkylation sites (N-methyl/N-ethyl adjacent to an activating group) is 1. The summed E-state index contributed by atoms with van der Waals surface area (Å²) in [5.74, 6) is -0.261. The van der Waals surface area contributed by atoms with E-state index in [4.69, 9.17) is 23.2 Å². The summed E-state index contributed by atoms with van der Waals surface area (Å²) < 4.78 is 0. The molecule has 1 atom stereocenters. The van der Waals surface area contributed by atoms with Gasteiger partial charge in [0.25, 0.3) is 5.91 Å². The van der Waals surface area contributed by atoms with E-state index in [-0.39, 0.29) is 37.4 Å². The van der Waals surface area contributed by atoms with Crippen molar-refractivity contribution in [3.63, 3.8) is 0 Å². The van der Waals surface area contributed by atoms with Crippen molar-refractivity contribution in [2.24, 2.45) is 0 Å². The van der Waals surface area contributed by atoms with E-state index in [0.29, 0.717) is 40.0 Å². The van der Waals surface area contributed by atoms with Crippen molar-refractivity contribution in [3.8, 4) is 0 Å². The first kappa shape index (κ1) is 24.1. The van der Waals surface area contributed by atoms with Crippen LogP contribution >= 0.6 is 23.2 Å². The van der Waals surface area contributed by atoms with Crippen LogP contribution in [0.1, 0.15) is 30.5 Å². The Bertz CT molecular complexity index is 1150. The monoisotopic (exact) mass is 500 g/mol. The topological polar surface area (TPSA) is 73.0 Å². The number of carbonyl (C=O) groups excluding carboxylic acids is 3. The molecule has 0 aromatic heterocycles. The van der Waals surface area contributed by atoms with Crippen LogP contribution in [0.25, 0.3) is 0 Å². The summed E-state index contributed by atoms with van der Waals surface area (Å²) in [5, 5.41) is 3.75. The zero-order valence-electron chi connectivity index (χ0n) is 19.1. The highest BCUT2D eigenvalue weighted by molar-refractivity contribution is 6.35. The minimum atomic E-state index is -0.677. The largest absolute Gasteiger partial charge is 0.341 e. The fourth-order valence-corrected chi connectivity index (χ4v) is 4.92. The lowest BCUT2D eigenvalue weighted by molar-refractivity contribution is -0.132. The molecule has 34 heavy (non-hydrogen) atoms. The first-order valence-corrected chi connectivity index (χ1v) is 11.9. The third kappa shape index (κ3) is 4.76. The number of urea groups is 1. The summed E-state index contributed by atoms with van der Waals surface area (Å²) in [6.07, 6.45) is 0.190. The van der Waals surface area contributed by atoms with Crippen molar-refractivity contribution >= 4 is 41.0 Å². The Morgan fingerprint density at radius 3 is 2.56 bits per heavy atom. The van der Waals surface area contributed by atoms with E-state index >= 15 is 0 Å². The molecule has 4 amide bonds. The standard InChI is InChI=1S/C25H26Cl2N4O3/c1-3-31-20-15-30(12-11-21(32)29(2)14-16-7-5-4-6-8-16)24(33)22(20)23(28-25(31)34)18-10-9-17(26)13-19(18)27/h4-10,13,23H,3,11-12,14-15H2,1-2H3,(H,28,34)/t23-/m1/s1. The number of hydrogen-bond acceptors (Lipinski definition) is 3. The zero-order valence-corrected chi connectivity index (χ0v) is 20.6. The summed E-state index contributed by atoms with van der Waals surface area (Å²) in [6.45, 7) is 3.31. The van der Waals surface area contributed by atoms with E-state index < -0.39 is 6.04 Å². The normalized spacial score (nSPS) is 17.7. The van der Waals surface area contributed by atoms with Gasteiger partial charge in [0.05, 0.1) is 23.9 Å². The Labute approximate surface area is 208 Å². The molecule has 2 aromatic rings. The number of amides is 4. The molecule has 0 bridgehead atoms. The summed E-state index contributed by atoms with van der Waals surface area (Å²) in [7, 11) is 1.75. The molecule has 0 saturated heterocycles. The molecule has 2 aliphatic heterocycles. The van der Waals surface area contributed by atoms with Crippen LogP contribution in [0.5, 0.6) is 0 Å². The van der Waals surface area contributed by atoms with Gasteiger partial charge in [0, 0.05) is 43.1 Å². The highest BCUT2D eigenvalue weighted by atomic mass is 35.5. The van der Waals surface area contributed by atoms with Crippen LogP contribution in [-0.2, 0) is 16.1 Å². The van der Waals surface area contributed by atoms with E-state index in [1.54, 1.807) is 39.9 Å². The van der Waals surface area contributed by atoms with E-state index in [0.717, 1.165) is 5.56 Å². The quantitative estimate of drug-likeness (QED) is 0.618. The molecule has 0 saturated carbocycles. The van der Waals surface area contributed by atoms with E-state index in [2.05, 4.69) is 5.32 Å². The summed E-state index contributed by atoms with van der Waals surface area (Å²) in [6, 6.07) is 13.8. The Hall–Kier alpha value is -3.03. The summed E-state index contributed by atoms with van der Waals surface area (Å²) in [4.78, 5) is 43.8. The van der Waals surface area contributed by atoms with Gasteiger partial charge in [0.15, 0.2) is 0 Å². The smallest absolute Gasteiger partial charge is 0.322 e. The molecule has 0 unspecified atom stereocenters. The Morgan fingerprint density at radius 1 is 1.15 bits per heavy atom. The second-order valence-corrected chi connectivity index (χ2v) is 9.21. The zero-order chi connectivity index (χ0) is 24.4. The molecule has 2 aromatic carbocycles. The lowest BCUT2D eigenvalue weighted by atomic mass is 9.95. The van der Waals surface area contributed by atoms with Crippen LogP contribution in [-0.4, -0.2) is 59.2 Å². The second-order valence-electron chi connectivity index (χ2n) is 8.37. The van der Waals surface area contributed by atoms with Crippen molar-refractivity contribution in [1.82, 2.24) is 20.0 Å². The fourth-order valence-electron chi connectivity index (χ4n) is 4.40. The van der Waals surface area contributed by atoms with Crippen LogP contribution in [0, 0.1) is 0 Å². The van der Waals surface area contributed by atoms with Crippen molar-refractivity contribution < 1.29 is 14.4 Å². The fraction of sp³-hybridized carbons (Fsp3) is 0.320. The lowest BCUT2D eigenvalue weighted by Crippen LogP contribution is -2.47. The number of carbonyl (C=O) groups is 3. The van der Waals surface area contributed by atoms with Gasteiger partial charge in [-0.15, -0.1) is 0 Å². The van der Waals surface area contributed by atoms with Crippen molar-refractivity contribution in [2.75, 3.05) is 26.7 Å². The molecule has 7 nitrogen and oxygen atoms in total. The number of halogens is 2. The molecule has 178 valence electrons. The van der Waals surface area contributed by atoms with Crippen LogP contribution < -0.4 is 5.32 Å². The van der Waals surface area contributed by atoms with Gasteiger partial charge in [-0.25, -0.2) is 4.79 Å². The van der Waals surface area contributed by atoms with Crippen LogP contribution in [0.3, 0.4) is 0 Å². The highest BCUT2D eigenvalue weighted by Crippen LogP contribution is 2.39. The molecule has 4 rings (SSSR count). The molecule has 9 heteroatoms. The average molecular weight is 501 g/mol. The van der Waals surface area contributed by atoms with Crippen LogP contribution in [0.15, 0.2) is 59.8 Å². The molecule has 2 aliphatic rings. The number of nitrogens with one attached hydrogen (secondary N) is 1. The Morgan fingerprint density at radius 2 is 1.88 bits per heavy atom. The second kappa shape index (κ2) is 10.1. The SMILES string of the molecule is CCN1C(=O)N[C@H](c2ccc(Cl)cc2Cl)C2=C1CN(CCC(=O)N(C)Cc1ccccc1)C2=O. The third-order valence-corrected chi connectivity index (χ3v) is 6.73. The Balaban J connectivity index is 1.50. The molecule has 0 fully saturated rings. The maximum absolute atomic E-state index is 13.4. The predicted octanol–water partition coefficient (Wildman–Crippen LogP) is 4.22. The molecule has 0 aliphatic carbocycles. The number of hydrogen-bond donors (Lipinski definition) is 1. The maximum Gasteiger partial charge on any atom is 0.322 e. The van der Waals surface area contributed by atoms with E-state index in [1.165, 1.54) is 0 Å². The van der Waals surface area contributed by atoms with Gasteiger partial charge in [0.1, 0.15) is 0 Å². The molecule has 0 radical (unpaired) electrons. The van der Waals surface area contributed by atoms with Gasteiger partial charge in [-0.2, -0.15) is 0 Å². The highest BCUT2D eigenvalue weighted by Gasteiger charge is 2.44. The van der Waals surface area contributed by atoms with Gasteiger partial charge < -0.3 is 15.1 Å². The minimum absolute atomic E-state index is 0.0552. The summed E-state index contributed by atoms with van der Waals surface area (Å²) >= 11 is 12.4. The van der Waals surface area contributed by atoms with Crippen LogP contribution in [0.2, 0.25) is 10.0 Å². The first-order valence-electron chi connectivity index (χ1n) is 11.1. The Kier molecular flexibility index (Phi) is 7.14. The van der Waals surface area contributed by atoms with Gasteiger partial charge in [0.2, 0.25) is 5.91 Å². The maximum atomic E-state index is 13.4. The summed E-state index contributed by atoms with van der Waals surface area (Å²) in [5.41, 5.74) is 2.78. The number of benzene rings is 2. The van der Waals surface area contributed by atoms with Gasteiger partial charge in [-0.1, -0.05) is 59.6 Å². The van der Waals surface area contributed by atoms with Gasteiger partial charge >= 0.3 is 6.03 Å². The number of nitrogens with zero attached hydrogens (tertiary/aromatic N) is 3.